The number of hydrogen-bond donors (Lipinski definition) is 1. The van der Waals surface area contributed by atoms with Crippen LogP contribution in [0.4, 0.5) is 11.5 Å². The van der Waals surface area contributed by atoms with E-state index in [9.17, 15) is 10.1 Å². The highest BCUT2D eigenvalue weighted by Crippen LogP contribution is 2.31. The van der Waals surface area contributed by atoms with Crippen LogP contribution in [0.25, 0.3) is 0 Å². The van der Waals surface area contributed by atoms with Gasteiger partial charge in [-0.05, 0) is 47.5 Å². The van der Waals surface area contributed by atoms with Gasteiger partial charge in [0, 0.05) is 6.54 Å². The zero-order chi connectivity index (χ0) is 15.4. The molecule has 7 heteroatoms. The Balaban J connectivity index is 2.36. The fourth-order valence-corrected chi connectivity index (χ4v) is 2.30. The Morgan fingerprint density at radius 2 is 2.14 bits per heavy atom. The summed E-state index contributed by atoms with van der Waals surface area (Å²) in [5.41, 5.74) is 1.01. The summed E-state index contributed by atoms with van der Waals surface area (Å²) in [5, 5.41) is 13.9. The summed E-state index contributed by atoms with van der Waals surface area (Å²) in [4.78, 5) is 14.7. The molecule has 0 fully saturated rings. The highest BCUT2D eigenvalue weighted by molar-refractivity contribution is 9.10. The summed E-state index contributed by atoms with van der Waals surface area (Å²) in [6, 6.07) is 8.25. The second-order valence-electron chi connectivity index (χ2n) is 4.37. The topological polar surface area (TPSA) is 77.3 Å². The number of aromatic nitrogens is 1. The van der Waals surface area contributed by atoms with Crippen molar-refractivity contribution in [3.8, 4) is 11.6 Å². The normalized spacial score (nSPS) is 10.2. The maximum absolute atomic E-state index is 11.0. The molecule has 0 aliphatic heterocycles. The average molecular weight is 352 g/mol. The molecule has 2 aromatic rings. The summed E-state index contributed by atoms with van der Waals surface area (Å²) < 4.78 is 6.40. The molecule has 0 aliphatic carbocycles. The fraction of sp³-hybridized carbons (Fsp3) is 0.214. The molecule has 0 unspecified atom stereocenters. The lowest BCUT2D eigenvalue weighted by Gasteiger charge is -2.09. The van der Waals surface area contributed by atoms with Crippen molar-refractivity contribution in [1.29, 1.82) is 0 Å². The molecule has 1 aromatic carbocycles. The molecule has 0 amide bonds. The molecule has 1 heterocycles. The molecule has 21 heavy (non-hydrogen) atoms. The molecular formula is C14H14BrN3O3. The standard InChI is InChI=1S/C14H14BrN3O3/c1-3-16-13-7-10(18(19)20)8-14(17-13)21-12-5-4-9(2)6-11(12)15/h4-8H,3H2,1-2H3,(H,16,17). The van der Waals surface area contributed by atoms with E-state index in [-0.39, 0.29) is 11.6 Å². The zero-order valence-corrected chi connectivity index (χ0v) is 13.2. The van der Waals surface area contributed by atoms with E-state index in [2.05, 4.69) is 26.2 Å². The van der Waals surface area contributed by atoms with Crippen LogP contribution in [0.3, 0.4) is 0 Å². The number of pyridine rings is 1. The fourth-order valence-electron chi connectivity index (χ4n) is 1.72. The number of hydrogen-bond acceptors (Lipinski definition) is 5. The van der Waals surface area contributed by atoms with Gasteiger partial charge in [-0.15, -0.1) is 0 Å². The quantitative estimate of drug-likeness (QED) is 0.642. The van der Waals surface area contributed by atoms with Gasteiger partial charge in [0.2, 0.25) is 5.88 Å². The summed E-state index contributed by atoms with van der Waals surface area (Å²) in [6.07, 6.45) is 0. The van der Waals surface area contributed by atoms with Gasteiger partial charge in [-0.25, -0.2) is 0 Å². The van der Waals surface area contributed by atoms with Crippen LogP contribution in [0.15, 0.2) is 34.8 Å². The van der Waals surface area contributed by atoms with Crippen LogP contribution < -0.4 is 10.1 Å². The third-order valence-electron chi connectivity index (χ3n) is 2.66. The lowest BCUT2D eigenvalue weighted by molar-refractivity contribution is -0.384. The lowest BCUT2D eigenvalue weighted by Crippen LogP contribution is -2.02. The predicted octanol–water partition coefficient (Wildman–Crippen LogP) is 4.28. The van der Waals surface area contributed by atoms with E-state index in [0.29, 0.717) is 18.1 Å². The Bertz CT molecular complexity index is 677. The lowest BCUT2D eigenvalue weighted by atomic mass is 10.2. The van der Waals surface area contributed by atoms with E-state index in [1.165, 1.54) is 12.1 Å². The average Bonchev–Trinajstić information content (AvgIpc) is 2.42. The highest BCUT2D eigenvalue weighted by atomic mass is 79.9. The number of rotatable bonds is 5. The van der Waals surface area contributed by atoms with Crippen molar-refractivity contribution in [1.82, 2.24) is 4.98 Å². The van der Waals surface area contributed by atoms with Crippen LogP contribution in [-0.2, 0) is 0 Å². The smallest absolute Gasteiger partial charge is 0.278 e. The highest BCUT2D eigenvalue weighted by Gasteiger charge is 2.13. The van der Waals surface area contributed by atoms with Crippen molar-refractivity contribution in [2.45, 2.75) is 13.8 Å². The summed E-state index contributed by atoms with van der Waals surface area (Å²) in [7, 11) is 0. The van der Waals surface area contributed by atoms with Crippen LogP contribution in [0.2, 0.25) is 0 Å². The Hall–Kier alpha value is -2.15. The first-order chi connectivity index (χ1) is 9.99. The SMILES string of the molecule is CCNc1cc([N+](=O)[O-])cc(Oc2ccc(C)cc2Br)n1. The van der Waals surface area contributed by atoms with Crippen molar-refractivity contribution in [3.63, 3.8) is 0 Å². The minimum Gasteiger partial charge on any atom is -0.438 e. The van der Waals surface area contributed by atoms with Crippen molar-refractivity contribution in [2.24, 2.45) is 0 Å². The summed E-state index contributed by atoms with van der Waals surface area (Å²) in [6.45, 7) is 4.46. The number of nitrogens with one attached hydrogen (secondary N) is 1. The van der Waals surface area contributed by atoms with Crippen LogP contribution in [0.1, 0.15) is 12.5 Å². The Kier molecular flexibility index (Phi) is 4.74. The molecule has 0 aliphatic rings. The van der Waals surface area contributed by atoms with Crippen molar-refractivity contribution in [2.75, 3.05) is 11.9 Å². The Morgan fingerprint density at radius 1 is 1.38 bits per heavy atom. The first-order valence-electron chi connectivity index (χ1n) is 6.34. The molecular weight excluding hydrogens is 338 g/mol. The van der Waals surface area contributed by atoms with E-state index in [4.69, 9.17) is 4.74 Å². The Labute approximate surface area is 130 Å². The maximum atomic E-state index is 11.0. The van der Waals surface area contributed by atoms with Gasteiger partial charge in [-0.3, -0.25) is 10.1 Å². The minimum atomic E-state index is -0.473. The van der Waals surface area contributed by atoms with E-state index >= 15 is 0 Å². The van der Waals surface area contributed by atoms with E-state index in [1.807, 2.05) is 26.0 Å². The number of benzene rings is 1. The molecule has 0 saturated heterocycles. The molecule has 110 valence electrons. The molecule has 1 N–H and O–H groups in total. The second kappa shape index (κ2) is 6.53. The molecule has 6 nitrogen and oxygen atoms in total. The number of ether oxygens (including phenoxy) is 1. The molecule has 1 aromatic heterocycles. The van der Waals surface area contributed by atoms with Gasteiger partial charge in [0.25, 0.3) is 5.69 Å². The van der Waals surface area contributed by atoms with E-state index in [0.717, 1.165) is 10.0 Å². The monoisotopic (exact) mass is 351 g/mol. The van der Waals surface area contributed by atoms with Crippen molar-refractivity contribution in [3.05, 3.63) is 50.5 Å². The van der Waals surface area contributed by atoms with Crippen molar-refractivity contribution < 1.29 is 9.66 Å². The maximum Gasteiger partial charge on any atom is 0.278 e. The van der Waals surface area contributed by atoms with Crippen LogP contribution in [-0.4, -0.2) is 16.5 Å². The van der Waals surface area contributed by atoms with Gasteiger partial charge in [0.1, 0.15) is 11.6 Å². The minimum absolute atomic E-state index is 0.0702. The first kappa shape index (κ1) is 15.2. The predicted molar refractivity (Wildman–Crippen MR) is 84.0 cm³/mol. The third-order valence-corrected chi connectivity index (χ3v) is 3.28. The van der Waals surface area contributed by atoms with Gasteiger partial charge in [0.15, 0.2) is 0 Å². The van der Waals surface area contributed by atoms with Gasteiger partial charge < -0.3 is 10.1 Å². The van der Waals surface area contributed by atoms with Gasteiger partial charge in [0.05, 0.1) is 21.5 Å². The van der Waals surface area contributed by atoms with E-state index in [1.54, 1.807) is 6.07 Å². The van der Waals surface area contributed by atoms with Crippen LogP contribution in [0.5, 0.6) is 11.6 Å². The number of nitro groups is 1. The van der Waals surface area contributed by atoms with Gasteiger partial charge >= 0.3 is 0 Å². The van der Waals surface area contributed by atoms with E-state index < -0.39 is 4.92 Å². The summed E-state index contributed by atoms with van der Waals surface area (Å²) >= 11 is 3.40. The van der Waals surface area contributed by atoms with Gasteiger partial charge in [-0.2, -0.15) is 4.98 Å². The molecule has 0 bridgehead atoms. The third kappa shape index (κ3) is 3.91. The van der Waals surface area contributed by atoms with Crippen molar-refractivity contribution >= 4 is 27.4 Å². The second-order valence-corrected chi connectivity index (χ2v) is 5.23. The first-order valence-corrected chi connectivity index (χ1v) is 7.13. The Morgan fingerprint density at radius 3 is 2.76 bits per heavy atom. The number of aryl methyl sites for hydroxylation is 1. The molecule has 0 atom stereocenters. The largest absolute Gasteiger partial charge is 0.438 e. The number of anilines is 1. The molecule has 0 saturated carbocycles. The number of nitrogens with zero attached hydrogens (tertiary/aromatic N) is 2. The zero-order valence-electron chi connectivity index (χ0n) is 11.6. The molecule has 0 radical (unpaired) electrons. The summed E-state index contributed by atoms with van der Waals surface area (Å²) in [5.74, 6) is 1.13. The molecule has 2 rings (SSSR count). The van der Waals surface area contributed by atoms with Crippen LogP contribution >= 0.6 is 15.9 Å². The van der Waals surface area contributed by atoms with Gasteiger partial charge in [-0.1, -0.05) is 6.07 Å². The molecule has 0 spiro atoms. The van der Waals surface area contributed by atoms with Crippen LogP contribution in [0, 0.1) is 17.0 Å². The number of halogens is 1.